The minimum atomic E-state index is -5.08. The van der Waals surface area contributed by atoms with Gasteiger partial charge in [-0.15, -0.1) is 0 Å². The molecule has 0 amide bonds. The highest BCUT2D eigenvalue weighted by molar-refractivity contribution is 9.10. The second-order valence-corrected chi connectivity index (χ2v) is 10.5. The summed E-state index contributed by atoms with van der Waals surface area (Å²) in [5.74, 6) is -0.995. The molecule has 2 N–H and O–H groups in total. The lowest BCUT2D eigenvalue weighted by molar-refractivity contribution is -0.192. The quantitative estimate of drug-likeness (QED) is 0.231. The van der Waals surface area contributed by atoms with Gasteiger partial charge in [0, 0.05) is 45.6 Å². The predicted molar refractivity (Wildman–Crippen MR) is 141 cm³/mol. The van der Waals surface area contributed by atoms with Gasteiger partial charge in [0.1, 0.15) is 18.2 Å². The highest BCUT2D eigenvalue weighted by Crippen LogP contribution is 2.27. The fourth-order valence-electron chi connectivity index (χ4n) is 3.10. The highest BCUT2D eigenvalue weighted by Gasteiger charge is 2.38. The molecule has 3 aromatic rings. The van der Waals surface area contributed by atoms with Gasteiger partial charge in [0.25, 0.3) is 0 Å². The number of alkyl halides is 6. The molecule has 3 heterocycles. The van der Waals surface area contributed by atoms with Gasteiger partial charge in [0.15, 0.2) is 5.65 Å². The molecule has 228 valence electrons. The van der Waals surface area contributed by atoms with E-state index in [2.05, 4.69) is 46.0 Å². The molecule has 0 bridgehead atoms. The lowest BCUT2D eigenvalue weighted by Crippen LogP contribution is -2.26. The zero-order valence-electron chi connectivity index (χ0n) is 22.5. The van der Waals surface area contributed by atoms with Crippen LogP contribution < -0.4 is 10.2 Å². The summed E-state index contributed by atoms with van der Waals surface area (Å²) in [6.45, 7) is 5.80. The summed E-state index contributed by atoms with van der Waals surface area (Å²) in [5, 5.41) is 15.6. The van der Waals surface area contributed by atoms with Gasteiger partial charge in [-0.2, -0.15) is 41.4 Å². The SMILES string of the molecule is CN(CCc1ncc(Br)cn1)c1nc(NCCCOCC(F)(F)F)c2cnn(C(C)(C)C)c2n1.O=C(O)C(F)(F)F. The van der Waals surface area contributed by atoms with E-state index in [1.807, 2.05) is 37.4 Å². The van der Waals surface area contributed by atoms with E-state index in [1.54, 1.807) is 18.6 Å². The zero-order chi connectivity index (χ0) is 31.0. The lowest BCUT2D eigenvalue weighted by Gasteiger charge is -2.22. The van der Waals surface area contributed by atoms with Gasteiger partial charge >= 0.3 is 18.3 Å². The van der Waals surface area contributed by atoms with Gasteiger partial charge < -0.3 is 20.1 Å². The van der Waals surface area contributed by atoms with E-state index in [9.17, 15) is 26.3 Å². The number of aromatic nitrogens is 6. The third kappa shape index (κ3) is 11.3. The van der Waals surface area contributed by atoms with Crippen LogP contribution in [0.5, 0.6) is 0 Å². The Morgan fingerprint density at radius 1 is 1.10 bits per heavy atom. The number of fused-ring (bicyclic) bond motifs is 1. The van der Waals surface area contributed by atoms with E-state index in [1.165, 1.54) is 0 Å². The van der Waals surface area contributed by atoms with Gasteiger partial charge in [-0.25, -0.2) is 19.4 Å². The van der Waals surface area contributed by atoms with E-state index in [0.29, 0.717) is 49.2 Å². The predicted octanol–water partition coefficient (Wildman–Crippen LogP) is 4.83. The summed E-state index contributed by atoms with van der Waals surface area (Å²) in [4.78, 5) is 28.8. The van der Waals surface area contributed by atoms with Crippen LogP contribution in [0.3, 0.4) is 0 Å². The molecule has 41 heavy (non-hydrogen) atoms. The number of carboxylic acid groups (broad SMARTS) is 1. The van der Waals surface area contributed by atoms with Crippen LogP contribution in [-0.4, -0.2) is 86.5 Å². The summed E-state index contributed by atoms with van der Waals surface area (Å²) in [7, 11) is 1.88. The maximum atomic E-state index is 12.2. The van der Waals surface area contributed by atoms with Crippen molar-refractivity contribution in [3.63, 3.8) is 0 Å². The van der Waals surface area contributed by atoms with Gasteiger partial charge in [-0.05, 0) is 43.1 Å². The lowest BCUT2D eigenvalue weighted by atomic mass is 10.1. The first-order valence-corrected chi connectivity index (χ1v) is 12.8. The Morgan fingerprint density at radius 2 is 1.71 bits per heavy atom. The third-order valence-electron chi connectivity index (χ3n) is 5.00. The van der Waals surface area contributed by atoms with Gasteiger partial charge in [-0.1, -0.05) is 0 Å². The standard InChI is InChI=1S/C21H28BrF3N8O.C2HF3O2/c1-20(2,3)33-18-15(12-29-33)17(26-7-5-9-34-13-21(23,24)25)30-19(31-18)32(4)8-6-16-27-10-14(22)11-28-16;3-2(4,5)1(6)7/h10-12H,5-9,13H2,1-4H3,(H,26,30,31);(H,6,7). The summed E-state index contributed by atoms with van der Waals surface area (Å²) in [5.41, 5.74) is 0.361. The fourth-order valence-corrected chi connectivity index (χ4v) is 3.30. The summed E-state index contributed by atoms with van der Waals surface area (Å²) >= 11 is 3.33. The average Bonchev–Trinajstić information content (AvgIpc) is 3.29. The Hall–Kier alpha value is -3.28. The first-order valence-electron chi connectivity index (χ1n) is 12.0. The molecule has 0 saturated carbocycles. The number of nitrogens with zero attached hydrogens (tertiary/aromatic N) is 7. The number of hydrogen-bond donors (Lipinski definition) is 2. The molecule has 0 radical (unpaired) electrons. The number of hydrogen-bond acceptors (Lipinski definition) is 9. The van der Waals surface area contributed by atoms with Crippen molar-refractivity contribution >= 4 is 44.7 Å². The number of ether oxygens (including phenoxy) is 1. The van der Waals surface area contributed by atoms with Crippen molar-refractivity contribution in [2.24, 2.45) is 0 Å². The fraction of sp³-hybridized carbons (Fsp3) is 0.565. The van der Waals surface area contributed by atoms with Crippen LogP contribution in [0.25, 0.3) is 11.0 Å². The number of aliphatic carboxylic acids is 1. The minimum Gasteiger partial charge on any atom is -0.475 e. The van der Waals surface area contributed by atoms with Crippen LogP contribution >= 0.6 is 15.9 Å². The molecule has 0 aliphatic heterocycles. The molecule has 0 fully saturated rings. The largest absolute Gasteiger partial charge is 0.490 e. The van der Waals surface area contributed by atoms with E-state index in [-0.39, 0.29) is 12.1 Å². The number of carboxylic acids is 1. The Morgan fingerprint density at radius 3 is 2.24 bits per heavy atom. The van der Waals surface area contributed by atoms with Crippen molar-refractivity contribution in [3.8, 4) is 0 Å². The zero-order valence-corrected chi connectivity index (χ0v) is 24.1. The second-order valence-electron chi connectivity index (χ2n) is 9.58. The number of nitrogens with one attached hydrogen (secondary N) is 1. The van der Waals surface area contributed by atoms with Crippen molar-refractivity contribution in [2.45, 2.75) is 51.5 Å². The maximum Gasteiger partial charge on any atom is 0.490 e. The first-order chi connectivity index (χ1) is 18.9. The number of rotatable bonds is 10. The van der Waals surface area contributed by atoms with Crippen molar-refractivity contribution in [3.05, 3.63) is 28.9 Å². The molecular weight excluding hydrogens is 630 g/mol. The Kier molecular flexibility index (Phi) is 11.6. The topological polar surface area (TPSA) is 131 Å². The van der Waals surface area contributed by atoms with E-state index in [0.717, 1.165) is 9.86 Å². The molecule has 3 rings (SSSR count). The van der Waals surface area contributed by atoms with Crippen molar-refractivity contribution in [1.82, 2.24) is 29.7 Å². The smallest absolute Gasteiger partial charge is 0.475 e. The summed E-state index contributed by atoms with van der Waals surface area (Å²) in [6.07, 6.45) is -3.32. The Balaban J connectivity index is 0.000000745. The first kappa shape index (κ1) is 33.9. The molecule has 0 atom stereocenters. The number of likely N-dealkylation sites (N-methyl/N-ethyl adjacent to an activating group) is 1. The Bertz CT molecular complexity index is 1280. The molecule has 18 heteroatoms. The highest BCUT2D eigenvalue weighted by atomic mass is 79.9. The molecule has 0 aliphatic carbocycles. The number of carbonyl (C=O) groups is 1. The van der Waals surface area contributed by atoms with Crippen molar-refractivity contribution in [1.29, 1.82) is 0 Å². The van der Waals surface area contributed by atoms with Crippen molar-refractivity contribution in [2.75, 3.05) is 43.6 Å². The molecule has 0 spiro atoms. The van der Waals surface area contributed by atoms with Crippen LogP contribution in [0.1, 0.15) is 33.0 Å². The third-order valence-corrected chi connectivity index (χ3v) is 5.41. The average molecular weight is 659 g/mol. The second kappa shape index (κ2) is 14.1. The number of halogens is 7. The Labute approximate surface area is 239 Å². The van der Waals surface area contributed by atoms with E-state index >= 15 is 0 Å². The van der Waals surface area contributed by atoms with Crippen molar-refractivity contribution < 1.29 is 41.0 Å². The monoisotopic (exact) mass is 658 g/mol. The summed E-state index contributed by atoms with van der Waals surface area (Å²) in [6, 6.07) is 0. The molecular formula is C23H29BrF6N8O3. The van der Waals surface area contributed by atoms with Gasteiger partial charge in [0.05, 0.1) is 21.6 Å². The molecule has 11 nitrogen and oxygen atoms in total. The van der Waals surface area contributed by atoms with Crippen LogP contribution in [0.15, 0.2) is 23.1 Å². The van der Waals surface area contributed by atoms with Crippen LogP contribution in [-0.2, 0) is 21.5 Å². The normalized spacial score (nSPS) is 12.2. The van der Waals surface area contributed by atoms with Crippen LogP contribution in [0.4, 0.5) is 38.1 Å². The van der Waals surface area contributed by atoms with Crippen LogP contribution in [0.2, 0.25) is 0 Å². The molecule has 0 aliphatic rings. The van der Waals surface area contributed by atoms with Gasteiger partial charge in [0.2, 0.25) is 5.95 Å². The number of anilines is 2. The molecule has 3 aromatic heterocycles. The molecule has 0 unspecified atom stereocenters. The summed E-state index contributed by atoms with van der Waals surface area (Å²) < 4.78 is 75.7. The van der Waals surface area contributed by atoms with E-state index < -0.39 is 24.9 Å². The molecule has 0 saturated heterocycles. The molecule has 0 aromatic carbocycles. The van der Waals surface area contributed by atoms with Crippen LogP contribution in [0, 0.1) is 0 Å². The maximum absolute atomic E-state index is 12.2. The van der Waals surface area contributed by atoms with E-state index in [4.69, 9.17) is 14.9 Å². The minimum absolute atomic E-state index is 0.0120. The van der Waals surface area contributed by atoms with Gasteiger partial charge in [-0.3, -0.25) is 0 Å².